The second-order valence-electron chi connectivity index (χ2n) is 5.16. The maximum atomic E-state index is 5.57. The lowest BCUT2D eigenvalue weighted by molar-refractivity contribution is 0.126. The molecule has 4 heteroatoms. The van der Waals surface area contributed by atoms with Crippen LogP contribution in [-0.2, 0) is 4.74 Å². The molecule has 0 aromatic carbocycles. The first-order chi connectivity index (χ1) is 7.10. The first-order valence-corrected chi connectivity index (χ1v) is 5.80. The maximum absolute atomic E-state index is 5.57. The van der Waals surface area contributed by atoms with Crippen molar-refractivity contribution in [1.82, 2.24) is 4.90 Å². The Morgan fingerprint density at radius 3 is 2.60 bits per heavy atom. The van der Waals surface area contributed by atoms with E-state index in [4.69, 9.17) is 10.5 Å². The van der Waals surface area contributed by atoms with Crippen molar-refractivity contribution in [2.24, 2.45) is 16.6 Å². The van der Waals surface area contributed by atoms with Crippen LogP contribution in [0.3, 0.4) is 0 Å². The van der Waals surface area contributed by atoms with Crippen LogP contribution in [-0.4, -0.2) is 42.7 Å². The van der Waals surface area contributed by atoms with Gasteiger partial charge in [-0.25, -0.2) is 4.99 Å². The molecule has 0 saturated carbocycles. The third kappa shape index (κ3) is 2.43. The van der Waals surface area contributed by atoms with Gasteiger partial charge in [0.15, 0.2) is 0 Å². The van der Waals surface area contributed by atoms with Gasteiger partial charge in [0.05, 0.1) is 0 Å². The number of nitrogens with zero attached hydrogens (tertiary/aromatic N) is 2. The van der Waals surface area contributed by atoms with Gasteiger partial charge < -0.3 is 15.4 Å². The van der Waals surface area contributed by atoms with Gasteiger partial charge in [0.25, 0.3) is 6.02 Å². The number of rotatable bonds is 2. The zero-order valence-electron chi connectivity index (χ0n) is 9.70. The zero-order valence-corrected chi connectivity index (χ0v) is 9.70. The molecule has 2 aliphatic heterocycles. The fraction of sp³-hybridized carbons (Fsp3) is 0.909. The molecule has 2 rings (SSSR count). The predicted molar refractivity (Wildman–Crippen MR) is 60.8 cm³/mol. The van der Waals surface area contributed by atoms with Crippen LogP contribution in [0, 0.1) is 5.92 Å². The molecule has 0 aliphatic carbocycles. The summed E-state index contributed by atoms with van der Waals surface area (Å²) in [7, 11) is 0. The SMILES string of the molecule is CC(C)CN1CCC2(CC1)COC(N)=N2. The van der Waals surface area contributed by atoms with Gasteiger partial charge in [-0.3, -0.25) is 0 Å². The molecule has 0 aromatic heterocycles. The Morgan fingerprint density at radius 1 is 1.47 bits per heavy atom. The minimum Gasteiger partial charge on any atom is -0.463 e. The van der Waals surface area contributed by atoms with Crippen LogP contribution in [0.1, 0.15) is 26.7 Å². The quantitative estimate of drug-likeness (QED) is 0.736. The molecule has 0 radical (unpaired) electrons. The van der Waals surface area contributed by atoms with Gasteiger partial charge in [0, 0.05) is 19.6 Å². The van der Waals surface area contributed by atoms with E-state index in [1.165, 1.54) is 6.54 Å². The Bertz CT molecular complexity index is 255. The maximum Gasteiger partial charge on any atom is 0.282 e. The molecule has 1 fully saturated rings. The number of nitrogens with two attached hydrogens (primary N) is 1. The lowest BCUT2D eigenvalue weighted by Crippen LogP contribution is -2.45. The summed E-state index contributed by atoms with van der Waals surface area (Å²) in [5.74, 6) is 0.743. The molecule has 0 amide bonds. The standard InChI is InChI=1S/C11H21N3O/c1-9(2)7-14-5-3-11(4-6-14)8-15-10(12)13-11/h9H,3-8H2,1-2H3,(H2,12,13). The first kappa shape index (κ1) is 10.7. The van der Waals surface area contributed by atoms with Gasteiger partial charge in [-0.05, 0) is 18.8 Å². The number of hydrogen-bond acceptors (Lipinski definition) is 4. The van der Waals surface area contributed by atoms with E-state index in [0.29, 0.717) is 12.6 Å². The van der Waals surface area contributed by atoms with Crippen molar-refractivity contribution in [3.8, 4) is 0 Å². The van der Waals surface area contributed by atoms with Crippen molar-refractivity contribution >= 4 is 6.02 Å². The van der Waals surface area contributed by atoms with Crippen LogP contribution in [0.15, 0.2) is 4.99 Å². The fourth-order valence-corrected chi connectivity index (χ4v) is 2.43. The highest BCUT2D eigenvalue weighted by atomic mass is 16.5. The Kier molecular flexibility index (Phi) is 2.87. The van der Waals surface area contributed by atoms with Crippen LogP contribution in [0.4, 0.5) is 0 Å². The summed E-state index contributed by atoms with van der Waals surface area (Å²) in [6, 6.07) is 0.382. The molecule has 1 spiro atoms. The van der Waals surface area contributed by atoms with E-state index in [0.717, 1.165) is 31.8 Å². The van der Waals surface area contributed by atoms with Crippen LogP contribution >= 0.6 is 0 Å². The Hall–Kier alpha value is -0.770. The van der Waals surface area contributed by atoms with Gasteiger partial charge in [0.2, 0.25) is 0 Å². The predicted octanol–water partition coefficient (Wildman–Crippen LogP) is 0.822. The topological polar surface area (TPSA) is 50.9 Å². The number of amidine groups is 1. The molecule has 2 heterocycles. The number of aliphatic imine (C=N–C) groups is 1. The lowest BCUT2D eigenvalue weighted by atomic mass is 9.89. The molecule has 15 heavy (non-hydrogen) atoms. The Morgan fingerprint density at radius 2 is 2.13 bits per heavy atom. The third-order valence-electron chi connectivity index (χ3n) is 3.25. The summed E-state index contributed by atoms with van der Waals surface area (Å²) in [5, 5.41) is 0. The minimum atomic E-state index is 0.0115. The number of piperidine rings is 1. The van der Waals surface area contributed by atoms with Gasteiger partial charge >= 0.3 is 0 Å². The molecule has 0 bridgehead atoms. The van der Waals surface area contributed by atoms with Crippen molar-refractivity contribution in [2.75, 3.05) is 26.2 Å². The van der Waals surface area contributed by atoms with Crippen molar-refractivity contribution in [1.29, 1.82) is 0 Å². The van der Waals surface area contributed by atoms with Gasteiger partial charge in [-0.1, -0.05) is 13.8 Å². The van der Waals surface area contributed by atoms with E-state index in [2.05, 4.69) is 23.7 Å². The smallest absolute Gasteiger partial charge is 0.282 e. The molecule has 4 nitrogen and oxygen atoms in total. The van der Waals surface area contributed by atoms with Gasteiger partial charge in [0.1, 0.15) is 12.1 Å². The summed E-state index contributed by atoms with van der Waals surface area (Å²) in [6.07, 6.45) is 2.17. The van der Waals surface area contributed by atoms with E-state index >= 15 is 0 Å². The van der Waals surface area contributed by atoms with Crippen LogP contribution in [0.2, 0.25) is 0 Å². The molecule has 0 unspecified atom stereocenters. The molecule has 86 valence electrons. The normalized spacial score (nSPS) is 25.7. The van der Waals surface area contributed by atoms with E-state index in [1.807, 2.05) is 0 Å². The third-order valence-corrected chi connectivity index (χ3v) is 3.25. The number of hydrogen-bond donors (Lipinski definition) is 1. The lowest BCUT2D eigenvalue weighted by Gasteiger charge is -2.36. The molecule has 0 aromatic rings. The highest BCUT2D eigenvalue weighted by molar-refractivity contribution is 5.73. The number of ether oxygens (including phenoxy) is 1. The number of likely N-dealkylation sites (tertiary alicyclic amines) is 1. The Labute approximate surface area is 91.5 Å². The summed E-state index contributed by atoms with van der Waals surface area (Å²) >= 11 is 0. The summed E-state index contributed by atoms with van der Waals surface area (Å²) in [6.45, 7) is 8.65. The fourth-order valence-electron chi connectivity index (χ4n) is 2.43. The largest absolute Gasteiger partial charge is 0.463 e. The monoisotopic (exact) mass is 211 g/mol. The molecule has 2 aliphatic rings. The van der Waals surface area contributed by atoms with E-state index in [-0.39, 0.29) is 5.54 Å². The van der Waals surface area contributed by atoms with Crippen LogP contribution in [0.25, 0.3) is 0 Å². The summed E-state index contributed by atoms with van der Waals surface area (Å²) in [4.78, 5) is 6.95. The second kappa shape index (κ2) is 4.00. The second-order valence-corrected chi connectivity index (χ2v) is 5.16. The van der Waals surface area contributed by atoms with Crippen molar-refractivity contribution in [3.63, 3.8) is 0 Å². The van der Waals surface area contributed by atoms with E-state index in [1.54, 1.807) is 0 Å². The highest BCUT2D eigenvalue weighted by Crippen LogP contribution is 2.30. The van der Waals surface area contributed by atoms with E-state index in [9.17, 15) is 0 Å². The molecule has 0 atom stereocenters. The molecule has 1 saturated heterocycles. The average molecular weight is 211 g/mol. The minimum absolute atomic E-state index is 0.0115. The van der Waals surface area contributed by atoms with Gasteiger partial charge in [-0.15, -0.1) is 0 Å². The first-order valence-electron chi connectivity index (χ1n) is 5.80. The molecule has 2 N–H and O–H groups in total. The van der Waals surface area contributed by atoms with Crippen molar-refractivity contribution in [3.05, 3.63) is 0 Å². The van der Waals surface area contributed by atoms with E-state index < -0.39 is 0 Å². The van der Waals surface area contributed by atoms with Crippen molar-refractivity contribution in [2.45, 2.75) is 32.2 Å². The highest BCUT2D eigenvalue weighted by Gasteiger charge is 2.39. The van der Waals surface area contributed by atoms with Crippen LogP contribution in [0.5, 0.6) is 0 Å². The molecular weight excluding hydrogens is 190 g/mol. The van der Waals surface area contributed by atoms with Gasteiger partial charge in [-0.2, -0.15) is 0 Å². The van der Waals surface area contributed by atoms with Crippen LogP contribution < -0.4 is 5.73 Å². The summed E-state index contributed by atoms with van der Waals surface area (Å²) < 4.78 is 5.27. The zero-order chi connectivity index (χ0) is 10.9. The van der Waals surface area contributed by atoms with Crippen molar-refractivity contribution < 1.29 is 4.74 Å². The summed E-state index contributed by atoms with van der Waals surface area (Å²) in [5.41, 5.74) is 5.58. The Balaban J connectivity index is 1.87. The molecular formula is C11H21N3O. The average Bonchev–Trinajstić information content (AvgIpc) is 2.52.